The lowest BCUT2D eigenvalue weighted by Gasteiger charge is -2.62. The van der Waals surface area contributed by atoms with Gasteiger partial charge in [0.05, 0.1) is 108 Å². The van der Waals surface area contributed by atoms with E-state index in [1.807, 2.05) is 87.7 Å². The van der Waals surface area contributed by atoms with Crippen molar-refractivity contribution >= 4 is 59.9 Å². The smallest absolute Gasteiger partial charge is 0.331 e. The number of aromatic hydroxyl groups is 4. The quantitative estimate of drug-likeness (QED) is 0.0134. The molecular formula is C112H134N10O25SSi. The van der Waals surface area contributed by atoms with Crippen molar-refractivity contribution < 1.29 is 121 Å². The first-order valence-corrected chi connectivity index (χ1v) is 53.2. The Hall–Kier alpha value is -12.2. The van der Waals surface area contributed by atoms with Crippen molar-refractivity contribution in [3.8, 4) is 86.6 Å². The highest BCUT2D eigenvalue weighted by molar-refractivity contribution is 7.99. The summed E-state index contributed by atoms with van der Waals surface area (Å²) >= 11 is 1.47. The summed E-state index contributed by atoms with van der Waals surface area (Å²) in [5, 5.41) is 89.6. The van der Waals surface area contributed by atoms with Crippen LogP contribution in [0.4, 0.5) is 0 Å². The Kier molecular flexibility index (Phi) is 28.4. The minimum atomic E-state index is -3.04. The van der Waals surface area contributed by atoms with E-state index in [0.29, 0.717) is 135 Å². The number of allylic oxidation sites excluding steroid dienone is 2. The number of nitrogens with two attached hydrogens (primary N) is 1. The molecule has 0 saturated carbocycles. The lowest BCUT2D eigenvalue weighted by molar-refractivity contribution is -0.186. The van der Waals surface area contributed by atoms with Gasteiger partial charge in [0.1, 0.15) is 36.6 Å². The standard InChI is InChI=1S/C44H51N3O7Si.C39H43N3O11S.C28H36N4O7.CH4/c1-26-19-28-20-32-34(22-45)47-33(38(46(32)6)36(28)42(40(26)50-8)51-24-49-7)21-31-37(43-41(52-25-53-43)27(2)39(31)48)35(47)23-54-55(44(3,4)5,29-15-11-9-12-16-29)30-17-13-10-14-18-30;1-16-9-20-10-22-37(46)42-23-13-50-38(47)39(21-12-25(48-5)24(44)11-19(21)7-8-40-39)14-54-36(30(42)29(41(22)4)26(20)31(45)32(16)49-6)28-27(23)35-34(51-15-52-35)17(2)33(28)53-18(3)43;1-11-7-14-8-17-28(37)32-16(21(31(17)4)19(14)23(34)25(11)38-5)9-15-20(18(32)10-30-27(36)13(3)29)24(35)26(39-6)12(2)22(15)33;/h9-19,32-35,38,48H,20-21,23-25H2,1-8H3;9,11-12,22-23,29-30,36-37,40,44-46H,7-8,10,13-15H2,1-6H3;7,13,16-18,21,28,34,37H,8-10,29H2,1-6H3,(H,30,36);1H4/t32?,33-,34-,35-,38?;22?,23-,29?,30+,36+,37-,39-;13-,16+,17?,18+,21?,28+;/m001./s1. The summed E-state index contributed by atoms with van der Waals surface area (Å²) in [7, 11) is 12.0. The summed E-state index contributed by atoms with van der Waals surface area (Å²) in [6.07, 6.45) is 0.670. The number of amides is 1. The monoisotopic (exact) mass is 2080 g/mol. The Bertz CT molecular complexity index is 6810. The lowest BCUT2D eigenvalue weighted by Crippen LogP contribution is -2.71. The number of hydrogen-bond donors (Lipinski definition) is 9. The average molecular weight is 2080 g/mol. The van der Waals surface area contributed by atoms with Gasteiger partial charge in [0.25, 0.3) is 8.32 Å². The van der Waals surface area contributed by atoms with Crippen molar-refractivity contribution in [1.29, 1.82) is 5.26 Å². The molecule has 4 saturated heterocycles. The molecule has 4 fully saturated rings. The van der Waals surface area contributed by atoms with Crippen LogP contribution in [0.1, 0.15) is 185 Å². The minimum Gasteiger partial charge on any atom is -0.507 e. The fourth-order valence-corrected chi connectivity index (χ4v) is 33.4. The second-order valence-electron chi connectivity index (χ2n) is 42.1. The van der Waals surface area contributed by atoms with Gasteiger partial charge in [-0.05, 0) is 180 Å². The van der Waals surface area contributed by atoms with Crippen molar-refractivity contribution in [3.05, 3.63) is 208 Å². The number of nitriles is 1. The molecule has 0 aromatic heterocycles. The maximum absolute atomic E-state index is 14.7. The molecule has 6 unspecified atom stereocenters. The molecule has 1 aliphatic carbocycles. The maximum atomic E-state index is 14.7. The van der Waals surface area contributed by atoms with Crippen molar-refractivity contribution in [1.82, 2.24) is 40.0 Å². The second kappa shape index (κ2) is 40.2. The van der Waals surface area contributed by atoms with Crippen LogP contribution in [0.2, 0.25) is 5.04 Å². The van der Waals surface area contributed by atoms with Gasteiger partial charge >= 0.3 is 11.9 Å². The number of methoxy groups -OCH3 is 6. The largest absolute Gasteiger partial charge is 0.507 e. The lowest BCUT2D eigenvalue weighted by atomic mass is 9.71. The van der Waals surface area contributed by atoms with E-state index in [-0.39, 0.29) is 146 Å². The van der Waals surface area contributed by atoms with E-state index in [2.05, 4.69) is 114 Å². The molecule has 8 aromatic carbocycles. The number of ketones is 2. The van der Waals surface area contributed by atoms with Gasteiger partial charge in [0.2, 0.25) is 25.3 Å². The fourth-order valence-electron chi connectivity index (χ4n) is 27.2. The van der Waals surface area contributed by atoms with Gasteiger partial charge in [0, 0.05) is 124 Å². The maximum Gasteiger partial charge on any atom is 0.331 e. The van der Waals surface area contributed by atoms with E-state index in [1.54, 1.807) is 40.2 Å². The first kappa shape index (κ1) is 105. The number of aryl methyl sites for hydroxylation is 3. The molecule has 15 aliphatic rings. The van der Waals surface area contributed by atoms with Crippen LogP contribution in [0, 0.1) is 45.9 Å². The fraction of sp³-hybridized carbons (Fsp3) is 0.482. The number of phenolic OH excluding ortho intramolecular Hbond substituents is 4. The predicted molar refractivity (Wildman–Crippen MR) is 554 cm³/mol. The summed E-state index contributed by atoms with van der Waals surface area (Å²) in [4.78, 5) is 80.1. The zero-order valence-corrected chi connectivity index (χ0v) is 88.7. The zero-order chi connectivity index (χ0) is 105. The number of aliphatic hydroxyl groups excluding tert-OH is 2. The highest BCUT2D eigenvalue weighted by Gasteiger charge is 2.65. The van der Waals surface area contributed by atoms with Crippen molar-refractivity contribution in [2.45, 2.75) is 235 Å². The van der Waals surface area contributed by atoms with Crippen LogP contribution < -0.4 is 74.1 Å². The number of benzene rings is 8. The zero-order valence-electron chi connectivity index (χ0n) is 86.9. The number of nitrogens with zero attached hydrogens (tertiary/aromatic N) is 7. The van der Waals surface area contributed by atoms with Gasteiger partial charge < -0.3 is 108 Å². The highest BCUT2D eigenvalue weighted by atomic mass is 32.2. The topological polar surface area (TPSA) is 429 Å². The number of nitrogens with one attached hydrogen (secondary N) is 2. The molecule has 37 heteroatoms. The molecule has 18 atom stereocenters. The number of rotatable bonds is 17. The molecule has 8 aromatic rings. The molecule has 8 bridgehead atoms. The summed E-state index contributed by atoms with van der Waals surface area (Å²) in [5.74, 6) is 2.87. The third kappa shape index (κ3) is 16.3. The number of likely N-dealkylation sites (N-methyl/N-ethyl adjacent to an activating group) is 3. The van der Waals surface area contributed by atoms with E-state index in [1.165, 1.54) is 57.5 Å². The van der Waals surface area contributed by atoms with E-state index < -0.39 is 110 Å². The normalized spacial score (nSPS) is 26.9. The van der Waals surface area contributed by atoms with Gasteiger partial charge in [-0.3, -0.25) is 53.9 Å². The minimum absolute atomic E-state index is 0. The Morgan fingerprint density at radius 2 is 1.16 bits per heavy atom. The number of fused-ring (bicyclic) bond motifs is 24. The van der Waals surface area contributed by atoms with E-state index >= 15 is 0 Å². The Morgan fingerprint density at radius 1 is 0.611 bits per heavy atom. The van der Waals surface area contributed by atoms with Gasteiger partial charge in [-0.1, -0.05) is 107 Å². The molecule has 35 nitrogen and oxygen atoms in total. The molecule has 792 valence electrons. The molecule has 14 aliphatic heterocycles. The average Bonchev–Trinajstić information content (AvgIpc) is 1.58. The number of aliphatic hydroxyl groups is 2. The van der Waals surface area contributed by atoms with Crippen LogP contribution in [0.3, 0.4) is 0 Å². The SMILES string of the molecule is C.COC1=C(C)C(=O)C2=C(C1=O)[C@H](CNC(=O)[C@@H](C)N)N1[C@@H](O)C3Cc4cc(C)c(OC)c(O)c4C([C@@H]1C2)N3C.COCOc1c(OC)c(C)cc2c1C1[C@@H]3Cc4c(O)c(C)c5c(c4[C@H](CO[Si](c4ccccc4)(c4ccccc4)C(C)(C)C)N3[C@@H](C#N)C(C2)N1C)OCO5.COc1cc2c(cc1O)CCN[C@@]21CS[C@@H]2c3c(OC(C)=O)c(C)c4c(c3[C@H](COC1=O)N1[C@@H]2C2c3c(cc(C)c(OC)c3O)CC([C@@H]1O)N2C)OCO4. The summed E-state index contributed by atoms with van der Waals surface area (Å²) in [6.45, 7) is 21.3. The molecular weight excluding hydrogens is 1950 g/mol. The Balaban J connectivity index is 0.000000142. The number of ether oxygens (including phenoxy) is 13. The van der Waals surface area contributed by atoms with Crippen molar-refractivity contribution in [2.24, 2.45) is 5.73 Å². The van der Waals surface area contributed by atoms with Crippen molar-refractivity contribution in [2.75, 3.05) is 116 Å². The third-order valence-electron chi connectivity index (χ3n) is 33.5. The number of piperazine rings is 3. The predicted octanol–water partition coefficient (Wildman–Crippen LogP) is 10.3. The summed E-state index contributed by atoms with van der Waals surface area (Å²) < 4.78 is 84.7. The first-order chi connectivity index (χ1) is 70.8. The van der Waals surface area contributed by atoms with Gasteiger partial charge in [-0.15, -0.1) is 11.8 Å². The number of phenols is 4. The number of hydrogen-bond acceptors (Lipinski definition) is 35. The van der Waals surface area contributed by atoms with Crippen LogP contribution >= 0.6 is 11.8 Å². The summed E-state index contributed by atoms with van der Waals surface area (Å²) in [6, 6.07) is 26.8. The van der Waals surface area contributed by atoms with Crippen molar-refractivity contribution in [3.63, 3.8) is 0 Å². The van der Waals surface area contributed by atoms with Crippen LogP contribution in [0.5, 0.6) is 80.5 Å². The van der Waals surface area contributed by atoms with E-state index in [4.69, 9.17) is 71.7 Å². The third-order valence-corrected chi connectivity index (χ3v) is 40.0. The Labute approximate surface area is 872 Å². The molecule has 149 heavy (non-hydrogen) atoms. The van der Waals surface area contributed by atoms with Crippen LogP contribution in [0.15, 0.2) is 113 Å². The van der Waals surface area contributed by atoms with E-state index in [9.17, 15) is 59.9 Å². The molecule has 1 spiro atoms. The first-order valence-electron chi connectivity index (χ1n) is 50.3. The number of carbonyl (C=O) groups is 5. The summed E-state index contributed by atoms with van der Waals surface area (Å²) in [5.41, 5.74) is 18.7. The van der Waals surface area contributed by atoms with E-state index in [0.717, 1.165) is 55.6 Å². The highest BCUT2D eigenvalue weighted by Crippen LogP contribution is 2.67. The molecule has 23 rings (SSSR count). The van der Waals surface area contributed by atoms with Crippen LogP contribution in [-0.4, -0.2) is 281 Å². The number of esters is 2. The van der Waals surface area contributed by atoms with Gasteiger partial charge in [-0.2, -0.15) is 5.26 Å². The Morgan fingerprint density at radius 3 is 1.74 bits per heavy atom. The number of thioether (sulfide) groups is 1. The number of Topliss-reactive ketones (excluding diaryl/α,β-unsaturated/α-hetero) is 2. The van der Waals surface area contributed by atoms with Crippen LogP contribution in [-0.2, 0) is 80.3 Å². The molecule has 14 heterocycles. The molecule has 1 amide bonds. The van der Waals surface area contributed by atoms with Gasteiger partial charge in [-0.25, -0.2) is 4.79 Å². The molecule has 0 radical (unpaired) electrons. The second-order valence-corrected chi connectivity index (χ2v) is 47.6. The van der Waals surface area contributed by atoms with Crippen LogP contribution in [0.25, 0.3) is 0 Å². The van der Waals surface area contributed by atoms with Gasteiger partial charge in [0.15, 0.2) is 92.9 Å². The molecule has 10 N–H and O–H groups in total. The number of carbonyl (C=O) groups excluding carboxylic acids is 5.